The fourth-order valence-corrected chi connectivity index (χ4v) is 1.85. The van der Waals surface area contributed by atoms with Crippen molar-refractivity contribution in [2.24, 2.45) is 0 Å². The van der Waals surface area contributed by atoms with Gasteiger partial charge in [0.1, 0.15) is 0 Å². The highest BCUT2D eigenvalue weighted by Crippen LogP contribution is 2.25. The molecule has 0 saturated carbocycles. The number of pyridine rings is 1. The van der Waals surface area contributed by atoms with Gasteiger partial charge in [-0.3, -0.25) is 0 Å². The predicted molar refractivity (Wildman–Crippen MR) is 66.2 cm³/mol. The van der Waals surface area contributed by atoms with Crippen LogP contribution in [0.3, 0.4) is 0 Å². The second-order valence-corrected chi connectivity index (χ2v) is 3.95. The second-order valence-electron chi connectivity index (χ2n) is 3.95. The molecule has 0 bridgehead atoms. The van der Waals surface area contributed by atoms with Gasteiger partial charge in [-0.15, -0.1) is 0 Å². The number of nitrogens with zero attached hydrogens (tertiary/aromatic N) is 2. The van der Waals surface area contributed by atoms with Gasteiger partial charge in [-0.25, -0.2) is 4.98 Å². The highest BCUT2D eigenvalue weighted by Gasteiger charge is 2.15. The van der Waals surface area contributed by atoms with Crippen molar-refractivity contribution < 1.29 is 0 Å². The van der Waals surface area contributed by atoms with Gasteiger partial charge in [0.25, 0.3) is 0 Å². The third-order valence-corrected chi connectivity index (χ3v) is 3.01. The average Bonchev–Trinajstić information content (AvgIpc) is 2.23. The molecule has 1 aromatic heterocycles. The molecule has 3 nitrogen and oxygen atoms in total. The van der Waals surface area contributed by atoms with Crippen molar-refractivity contribution in [1.82, 2.24) is 4.98 Å². The Morgan fingerprint density at radius 2 is 2.00 bits per heavy atom. The summed E-state index contributed by atoms with van der Waals surface area (Å²) in [6, 6.07) is 2.46. The standard InChI is InChI=1S/C12H21N3/c1-5-10(6-2)15(4)12-11(13)9(3)7-8-14-12/h7-8,10H,5-6,13H2,1-4H3. The Balaban J connectivity index is 2.99. The van der Waals surface area contributed by atoms with Crippen LogP contribution in [0.1, 0.15) is 32.3 Å². The number of rotatable bonds is 4. The lowest BCUT2D eigenvalue weighted by Gasteiger charge is -2.28. The van der Waals surface area contributed by atoms with Crippen molar-refractivity contribution in [3.05, 3.63) is 17.8 Å². The van der Waals surface area contributed by atoms with Crippen molar-refractivity contribution >= 4 is 11.5 Å². The van der Waals surface area contributed by atoms with Crippen LogP contribution in [0.2, 0.25) is 0 Å². The molecule has 0 unspecified atom stereocenters. The number of nitrogens with two attached hydrogens (primary N) is 1. The fourth-order valence-electron chi connectivity index (χ4n) is 1.85. The molecule has 1 heterocycles. The number of aromatic nitrogens is 1. The second kappa shape index (κ2) is 5.01. The molecule has 0 atom stereocenters. The van der Waals surface area contributed by atoms with Crippen LogP contribution >= 0.6 is 0 Å². The summed E-state index contributed by atoms with van der Waals surface area (Å²) in [7, 11) is 2.07. The number of aryl methyl sites for hydroxylation is 1. The normalized spacial score (nSPS) is 10.7. The summed E-state index contributed by atoms with van der Waals surface area (Å²) in [6.07, 6.45) is 4.05. The molecule has 0 spiro atoms. The molecule has 0 saturated heterocycles. The van der Waals surface area contributed by atoms with E-state index in [2.05, 4.69) is 30.8 Å². The van der Waals surface area contributed by atoms with E-state index < -0.39 is 0 Å². The van der Waals surface area contributed by atoms with Gasteiger partial charge in [0.05, 0.1) is 5.69 Å². The van der Waals surface area contributed by atoms with Crippen LogP contribution < -0.4 is 10.6 Å². The zero-order valence-electron chi connectivity index (χ0n) is 10.1. The molecule has 84 valence electrons. The maximum atomic E-state index is 6.03. The minimum atomic E-state index is 0.515. The van der Waals surface area contributed by atoms with Gasteiger partial charge in [-0.05, 0) is 31.4 Å². The number of anilines is 2. The Hall–Kier alpha value is -1.25. The fraction of sp³-hybridized carbons (Fsp3) is 0.583. The van der Waals surface area contributed by atoms with Gasteiger partial charge in [0.15, 0.2) is 5.82 Å². The van der Waals surface area contributed by atoms with E-state index in [-0.39, 0.29) is 0 Å². The van der Waals surface area contributed by atoms with Crippen molar-refractivity contribution in [3.8, 4) is 0 Å². The van der Waals surface area contributed by atoms with E-state index in [4.69, 9.17) is 5.73 Å². The van der Waals surface area contributed by atoms with Gasteiger partial charge >= 0.3 is 0 Å². The molecule has 0 fully saturated rings. The molecule has 0 radical (unpaired) electrons. The molecule has 3 heteroatoms. The SMILES string of the molecule is CCC(CC)N(C)c1nccc(C)c1N. The van der Waals surface area contributed by atoms with Gasteiger partial charge in [-0.1, -0.05) is 13.8 Å². The molecule has 1 rings (SSSR count). The molecule has 0 amide bonds. The summed E-state index contributed by atoms with van der Waals surface area (Å²) in [6.45, 7) is 6.40. The lowest BCUT2D eigenvalue weighted by molar-refractivity contribution is 0.587. The average molecular weight is 207 g/mol. The quantitative estimate of drug-likeness (QED) is 0.825. The van der Waals surface area contributed by atoms with Crippen LogP contribution in [0.25, 0.3) is 0 Å². The summed E-state index contributed by atoms with van der Waals surface area (Å²) in [5, 5.41) is 0. The molecular weight excluding hydrogens is 186 g/mol. The smallest absolute Gasteiger partial charge is 0.152 e. The van der Waals surface area contributed by atoms with Crippen LogP contribution in [-0.4, -0.2) is 18.1 Å². The van der Waals surface area contributed by atoms with Gasteiger partial charge < -0.3 is 10.6 Å². The lowest BCUT2D eigenvalue weighted by Crippen LogP contribution is -2.31. The first-order valence-corrected chi connectivity index (χ1v) is 5.55. The predicted octanol–water partition coefficient (Wildman–Crippen LogP) is 2.60. The Morgan fingerprint density at radius 1 is 1.40 bits per heavy atom. The molecule has 0 aliphatic rings. The van der Waals surface area contributed by atoms with Gasteiger partial charge in [0.2, 0.25) is 0 Å². The maximum absolute atomic E-state index is 6.03. The largest absolute Gasteiger partial charge is 0.396 e. The zero-order valence-corrected chi connectivity index (χ0v) is 10.1. The molecule has 0 aliphatic carbocycles. The molecule has 15 heavy (non-hydrogen) atoms. The minimum absolute atomic E-state index is 0.515. The van der Waals surface area contributed by atoms with E-state index in [9.17, 15) is 0 Å². The Kier molecular flexibility index (Phi) is 3.95. The third kappa shape index (κ3) is 2.41. The number of hydrogen-bond acceptors (Lipinski definition) is 3. The van der Waals surface area contributed by atoms with Crippen LogP contribution in [-0.2, 0) is 0 Å². The summed E-state index contributed by atoms with van der Waals surface area (Å²) in [5.74, 6) is 0.906. The molecule has 0 aliphatic heterocycles. The van der Waals surface area contributed by atoms with Crippen molar-refractivity contribution in [2.75, 3.05) is 17.7 Å². The van der Waals surface area contributed by atoms with Crippen LogP contribution in [0.4, 0.5) is 11.5 Å². The van der Waals surface area contributed by atoms with Crippen molar-refractivity contribution in [2.45, 2.75) is 39.7 Å². The minimum Gasteiger partial charge on any atom is -0.396 e. The van der Waals surface area contributed by atoms with Gasteiger partial charge in [0, 0.05) is 19.3 Å². The highest BCUT2D eigenvalue weighted by molar-refractivity contribution is 5.66. The molecule has 0 aromatic carbocycles. The number of nitrogen functional groups attached to an aromatic ring is 1. The van der Waals surface area contributed by atoms with Crippen LogP contribution in [0.15, 0.2) is 12.3 Å². The molecule has 1 aromatic rings. The first-order chi connectivity index (χ1) is 7.11. The molecule has 2 N–H and O–H groups in total. The van der Waals surface area contributed by atoms with E-state index >= 15 is 0 Å². The maximum Gasteiger partial charge on any atom is 0.152 e. The summed E-state index contributed by atoms with van der Waals surface area (Å²) < 4.78 is 0. The monoisotopic (exact) mass is 207 g/mol. The first-order valence-electron chi connectivity index (χ1n) is 5.55. The van der Waals surface area contributed by atoms with Crippen LogP contribution in [0.5, 0.6) is 0 Å². The van der Waals surface area contributed by atoms with E-state index in [0.29, 0.717) is 6.04 Å². The highest BCUT2D eigenvalue weighted by atomic mass is 15.2. The van der Waals surface area contributed by atoms with E-state index in [0.717, 1.165) is 29.9 Å². The lowest BCUT2D eigenvalue weighted by atomic mass is 10.1. The summed E-state index contributed by atoms with van der Waals surface area (Å²) in [4.78, 5) is 6.54. The van der Waals surface area contributed by atoms with Crippen molar-refractivity contribution in [1.29, 1.82) is 0 Å². The van der Waals surface area contributed by atoms with Gasteiger partial charge in [-0.2, -0.15) is 0 Å². The summed E-state index contributed by atoms with van der Waals surface area (Å²) in [5.41, 5.74) is 7.92. The first kappa shape index (κ1) is 11.8. The Morgan fingerprint density at radius 3 is 2.53 bits per heavy atom. The topological polar surface area (TPSA) is 42.2 Å². The van der Waals surface area contributed by atoms with E-state index in [1.807, 2.05) is 19.2 Å². The zero-order chi connectivity index (χ0) is 11.4. The Labute approximate surface area is 92.3 Å². The Bertz CT molecular complexity index is 319. The number of hydrogen-bond donors (Lipinski definition) is 1. The van der Waals surface area contributed by atoms with Crippen LogP contribution in [0, 0.1) is 6.92 Å². The summed E-state index contributed by atoms with van der Waals surface area (Å²) >= 11 is 0. The third-order valence-electron chi connectivity index (χ3n) is 3.01. The van der Waals surface area contributed by atoms with E-state index in [1.54, 1.807) is 0 Å². The molecular formula is C12H21N3. The van der Waals surface area contributed by atoms with Crippen molar-refractivity contribution in [3.63, 3.8) is 0 Å². The van der Waals surface area contributed by atoms with E-state index in [1.165, 1.54) is 0 Å².